The van der Waals surface area contributed by atoms with Crippen LogP contribution in [0.2, 0.25) is 0 Å². The van der Waals surface area contributed by atoms with Crippen molar-refractivity contribution < 1.29 is 0 Å². The van der Waals surface area contributed by atoms with Gasteiger partial charge in [-0.25, -0.2) is 0 Å². The average Bonchev–Trinajstić information content (AvgIpc) is 2.14. The van der Waals surface area contributed by atoms with E-state index in [1.165, 1.54) is 19.3 Å². The first-order valence-corrected chi connectivity index (χ1v) is 5.36. The number of alkyl halides is 1. The minimum Gasteiger partial charge on any atom is -0.124 e. The summed E-state index contributed by atoms with van der Waals surface area (Å²) in [7, 11) is 0. The number of rotatable bonds is 1. The molecule has 0 radical (unpaired) electrons. The molecule has 0 aliphatic carbocycles. The summed E-state index contributed by atoms with van der Waals surface area (Å²) in [5.74, 6) is 0. The van der Waals surface area contributed by atoms with Crippen molar-refractivity contribution in [2.24, 2.45) is 0 Å². The van der Waals surface area contributed by atoms with Crippen LogP contribution >= 0.6 is 20.7 Å². The molecule has 7 heavy (non-hydrogen) atoms. The fraction of sp³-hybridized carbons (Fsp3) is 0.833. The van der Waals surface area contributed by atoms with Crippen molar-refractivity contribution in [2.75, 3.05) is 0 Å². The van der Waals surface area contributed by atoms with E-state index in [0.717, 1.165) is 3.92 Å². The molecule has 0 N–H and O–H groups in total. The van der Waals surface area contributed by atoms with Crippen LogP contribution in [0.15, 0.2) is 0 Å². The van der Waals surface area contributed by atoms with Gasteiger partial charge in [0.05, 0.1) is 0 Å². The normalized spacial score (nSPS) is 30.1. The molecule has 1 heterocycles. The molecule has 0 amide bonds. The highest BCUT2D eigenvalue weighted by molar-refractivity contribution is 14.2. The Morgan fingerprint density at radius 3 is 3.00 bits per heavy atom. The van der Waals surface area contributed by atoms with Crippen LogP contribution in [0.3, 0.4) is 0 Å². The summed E-state index contributed by atoms with van der Waals surface area (Å²) in [6.45, 7) is 2.31. The quantitative estimate of drug-likeness (QED) is 0.460. The molecule has 42 valence electrons. The predicted molar refractivity (Wildman–Crippen MR) is 43.4 cm³/mol. The lowest BCUT2D eigenvalue weighted by Gasteiger charge is -1.96. The van der Waals surface area contributed by atoms with E-state index in [4.69, 9.17) is 0 Å². The Kier molecular flexibility index (Phi) is 2.29. The third kappa shape index (κ3) is 1.52. The summed E-state index contributed by atoms with van der Waals surface area (Å²) in [4.78, 5) is 0. The van der Waals surface area contributed by atoms with E-state index in [1.54, 1.807) is 0 Å². The largest absolute Gasteiger partial charge is 0.124 e. The van der Waals surface area contributed by atoms with Crippen molar-refractivity contribution >= 4 is 24.7 Å². The lowest BCUT2D eigenvalue weighted by molar-refractivity contribution is 0.799. The molecule has 1 rings (SSSR count). The van der Waals surface area contributed by atoms with Crippen molar-refractivity contribution in [3.63, 3.8) is 0 Å². The highest BCUT2D eigenvalue weighted by Crippen LogP contribution is 2.23. The zero-order chi connectivity index (χ0) is 5.11. The maximum atomic E-state index is 2.52. The molecule has 0 fully saturated rings. The van der Waals surface area contributed by atoms with E-state index in [0.29, 0.717) is 20.7 Å². The van der Waals surface area contributed by atoms with Crippen LogP contribution in [0.1, 0.15) is 26.2 Å². The molecule has 0 saturated carbocycles. The summed E-state index contributed by atoms with van der Waals surface area (Å²) < 4.78 is 3.67. The van der Waals surface area contributed by atoms with Gasteiger partial charge in [-0.15, -0.1) is 20.7 Å². The molecule has 0 unspecified atom stereocenters. The van der Waals surface area contributed by atoms with Crippen molar-refractivity contribution in [3.8, 4) is 0 Å². The fourth-order valence-electron chi connectivity index (χ4n) is 0.789. The van der Waals surface area contributed by atoms with Crippen LogP contribution in [0.25, 0.3) is 0 Å². The van der Waals surface area contributed by atoms with E-state index in [9.17, 15) is 0 Å². The smallest absolute Gasteiger partial charge is 0.00597 e. The number of hydrogen-bond acceptors (Lipinski definition) is 0. The summed E-state index contributed by atoms with van der Waals surface area (Å²) in [5, 5.41) is 0. The Morgan fingerprint density at radius 1 is 1.86 bits per heavy atom. The Morgan fingerprint density at radius 2 is 2.71 bits per heavy atom. The topological polar surface area (TPSA) is 0 Å². The third-order valence-corrected chi connectivity index (χ3v) is 4.95. The second-order valence-corrected chi connectivity index (χ2v) is 5.22. The van der Waals surface area contributed by atoms with Gasteiger partial charge in [0.15, 0.2) is 0 Å². The molecule has 0 spiro atoms. The van der Waals surface area contributed by atoms with Crippen molar-refractivity contribution in [1.82, 2.24) is 0 Å². The zero-order valence-electron chi connectivity index (χ0n) is 4.65. The van der Waals surface area contributed by atoms with E-state index >= 15 is 0 Å². The molecule has 1 aliphatic heterocycles. The van der Waals surface area contributed by atoms with Gasteiger partial charge < -0.3 is 0 Å². The summed E-state index contributed by atoms with van der Waals surface area (Å²) >= 11 is 0.551. The standard InChI is InChI=1S/C6H11I/c1-2-6-4-3-5-7-6/h5-6H,2-4H2,1H3/t6-/m1/s1. The maximum Gasteiger partial charge on any atom is 0.00597 e. The summed E-state index contributed by atoms with van der Waals surface area (Å²) in [5.41, 5.74) is 0. The monoisotopic (exact) mass is 210 g/mol. The highest BCUT2D eigenvalue weighted by Gasteiger charge is 2.04. The molecular formula is C6H11I. The Bertz CT molecular complexity index is 76.2. The average molecular weight is 210 g/mol. The van der Waals surface area contributed by atoms with Gasteiger partial charge in [-0.1, -0.05) is 10.9 Å². The summed E-state index contributed by atoms with van der Waals surface area (Å²) in [6, 6.07) is 0. The minimum atomic E-state index is 0.551. The lowest BCUT2D eigenvalue weighted by atomic mass is 10.2. The van der Waals surface area contributed by atoms with E-state index in [-0.39, 0.29) is 0 Å². The van der Waals surface area contributed by atoms with Gasteiger partial charge in [-0.05, 0) is 19.3 Å². The molecule has 0 aromatic carbocycles. The Balaban J connectivity index is 2.28. The Labute approximate surface area is 55.1 Å². The van der Waals surface area contributed by atoms with Crippen LogP contribution in [0.4, 0.5) is 0 Å². The van der Waals surface area contributed by atoms with Gasteiger partial charge in [-0.2, -0.15) is 0 Å². The number of hydrogen-bond donors (Lipinski definition) is 0. The van der Waals surface area contributed by atoms with Gasteiger partial charge in [0.1, 0.15) is 0 Å². The van der Waals surface area contributed by atoms with Crippen molar-refractivity contribution in [3.05, 3.63) is 0 Å². The molecule has 1 atom stereocenters. The second kappa shape index (κ2) is 2.80. The van der Waals surface area contributed by atoms with Crippen molar-refractivity contribution in [2.45, 2.75) is 30.1 Å². The third-order valence-electron chi connectivity index (χ3n) is 1.30. The molecule has 0 saturated heterocycles. The van der Waals surface area contributed by atoms with E-state index in [2.05, 4.69) is 10.9 Å². The Hall–Kier alpha value is 0.600. The van der Waals surface area contributed by atoms with Crippen LogP contribution in [-0.2, 0) is 0 Å². The van der Waals surface area contributed by atoms with E-state index < -0.39 is 0 Å². The molecule has 0 aromatic heterocycles. The first-order chi connectivity index (χ1) is 3.43. The van der Waals surface area contributed by atoms with Crippen molar-refractivity contribution in [1.29, 1.82) is 0 Å². The maximum absolute atomic E-state index is 2.52. The molecule has 1 heteroatoms. The van der Waals surface area contributed by atoms with Gasteiger partial charge in [0.2, 0.25) is 0 Å². The second-order valence-electron chi connectivity index (χ2n) is 1.86. The molecule has 0 nitrogen and oxygen atoms in total. The van der Waals surface area contributed by atoms with Crippen LogP contribution in [-0.4, -0.2) is 7.94 Å². The van der Waals surface area contributed by atoms with Crippen LogP contribution in [0, 0.1) is 0 Å². The van der Waals surface area contributed by atoms with Gasteiger partial charge in [-0.3, -0.25) is 0 Å². The molecule has 0 bridgehead atoms. The molecule has 0 aromatic rings. The minimum absolute atomic E-state index is 0.551. The predicted octanol–water partition coefficient (Wildman–Crippen LogP) is 2.33. The van der Waals surface area contributed by atoms with Crippen LogP contribution in [0.5, 0.6) is 0 Å². The fourth-order valence-corrected chi connectivity index (χ4v) is 3.46. The molecular weight excluding hydrogens is 199 g/mol. The lowest BCUT2D eigenvalue weighted by Crippen LogP contribution is -1.88. The van der Waals surface area contributed by atoms with Gasteiger partial charge in [0, 0.05) is 3.92 Å². The first-order valence-electron chi connectivity index (χ1n) is 2.87. The molecule has 1 aliphatic rings. The SMILES string of the molecule is CC[C@@H]1CCC=I1. The summed E-state index contributed by atoms with van der Waals surface area (Å²) in [6.07, 6.45) is 4.36. The van der Waals surface area contributed by atoms with Crippen LogP contribution < -0.4 is 0 Å². The first kappa shape index (κ1) is 5.73. The van der Waals surface area contributed by atoms with Gasteiger partial charge >= 0.3 is 0 Å². The zero-order valence-corrected chi connectivity index (χ0v) is 6.81. The highest BCUT2D eigenvalue weighted by atomic mass is 127. The number of halogens is 1. The van der Waals surface area contributed by atoms with E-state index in [1.807, 2.05) is 0 Å². The van der Waals surface area contributed by atoms with Gasteiger partial charge in [0.25, 0.3) is 0 Å².